The Kier molecular flexibility index (Phi) is 12.9. The summed E-state index contributed by atoms with van der Waals surface area (Å²) in [5.41, 5.74) is -6.07. The van der Waals surface area contributed by atoms with E-state index in [1.807, 2.05) is 0 Å². The molecule has 0 radical (unpaired) electrons. The molecular weight excluding hydrogens is 1060 g/mol. The molecule has 3 atom stereocenters. The van der Waals surface area contributed by atoms with Crippen LogP contribution >= 0.6 is 11.6 Å². The molecule has 0 bridgehead atoms. The maximum absolute atomic E-state index is 15.6. The number of aliphatic carboxylic acids is 1. The molecule has 16 nitrogen and oxygen atoms in total. The van der Waals surface area contributed by atoms with E-state index in [-0.39, 0.29) is 42.5 Å². The number of fused-ring (bicyclic) bond motifs is 4. The largest absolute Gasteiger partial charge is 0.481 e. The maximum atomic E-state index is 15.6. The van der Waals surface area contributed by atoms with Gasteiger partial charge in [0.05, 0.1) is 39.8 Å². The second-order valence-electron chi connectivity index (χ2n) is 18.3. The lowest BCUT2D eigenvalue weighted by molar-refractivity contribution is -0.146. The highest BCUT2D eigenvalue weighted by molar-refractivity contribution is 7.93. The van der Waals surface area contributed by atoms with Gasteiger partial charge in [-0.2, -0.15) is 49.6 Å². The fraction of sp³-hybridized carbons (Fsp3) is 0.409. The minimum absolute atomic E-state index is 0.0159. The zero-order valence-corrected chi connectivity index (χ0v) is 40.4. The quantitative estimate of drug-likeness (QED) is 0.0944. The van der Waals surface area contributed by atoms with Gasteiger partial charge in [-0.1, -0.05) is 23.6 Å². The zero-order chi connectivity index (χ0) is 53.9. The van der Waals surface area contributed by atoms with Gasteiger partial charge in [0.2, 0.25) is 15.9 Å². The first-order valence-corrected chi connectivity index (χ1v) is 25.5. The van der Waals surface area contributed by atoms with Crippen molar-refractivity contribution in [2.45, 2.75) is 74.8 Å². The Balaban J connectivity index is 1.35. The number of carbonyl (C=O) groups is 3. The summed E-state index contributed by atoms with van der Waals surface area (Å²) in [5.74, 6) is -8.61. The third-order valence-corrected chi connectivity index (χ3v) is 15.8. The molecule has 29 heteroatoms. The highest BCUT2D eigenvalue weighted by atomic mass is 35.5. The van der Waals surface area contributed by atoms with Crippen LogP contribution in [0, 0.1) is 35.3 Å². The van der Waals surface area contributed by atoms with Gasteiger partial charge < -0.3 is 15.3 Å². The van der Waals surface area contributed by atoms with Crippen molar-refractivity contribution in [3.8, 4) is 23.0 Å². The fourth-order valence-corrected chi connectivity index (χ4v) is 10.0. The predicted octanol–water partition coefficient (Wildman–Crippen LogP) is 7.19. The number of aromatic nitrogens is 5. The lowest BCUT2D eigenvalue weighted by Crippen LogP contribution is -2.58. The number of nitrogens with one attached hydrogen (secondary N) is 1. The van der Waals surface area contributed by atoms with Gasteiger partial charge in [-0.05, 0) is 74.4 Å². The van der Waals surface area contributed by atoms with E-state index in [2.05, 4.69) is 32.3 Å². The van der Waals surface area contributed by atoms with Crippen LogP contribution in [0.5, 0.6) is 0 Å². The van der Waals surface area contributed by atoms with Crippen LogP contribution in [0.2, 0.25) is 5.02 Å². The van der Waals surface area contributed by atoms with E-state index in [1.54, 1.807) is 0 Å². The summed E-state index contributed by atoms with van der Waals surface area (Å²) < 4.78 is 198. The summed E-state index contributed by atoms with van der Waals surface area (Å²) >= 11 is 6.63. The second kappa shape index (κ2) is 17.9. The van der Waals surface area contributed by atoms with E-state index in [9.17, 15) is 71.4 Å². The average Bonchev–Trinajstić information content (AvgIpc) is 3.73. The van der Waals surface area contributed by atoms with Gasteiger partial charge >= 0.3 is 24.4 Å². The molecule has 1 saturated heterocycles. The van der Waals surface area contributed by atoms with Gasteiger partial charge in [-0.3, -0.25) is 19.0 Å². The van der Waals surface area contributed by atoms with Crippen molar-refractivity contribution in [2.75, 3.05) is 29.9 Å². The number of urea groups is 1. The minimum Gasteiger partial charge on any atom is -0.481 e. The molecule has 5 aromatic rings. The fourth-order valence-electron chi connectivity index (χ4n) is 8.71. The third kappa shape index (κ3) is 10.1. The molecule has 8 rings (SSSR count). The number of likely N-dealkylation sites (tertiary alicyclic amines) is 1. The molecule has 390 valence electrons. The first kappa shape index (κ1) is 52.8. The van der Waals surface area contributed by atoms with Crippen LogP contribution in [0.4, 0.5) is 54.5 Å². The van der Waals surface area contributed by atoms with Crippen LogP contribution in [0.15, 0.2) is 42.5 Å². The van der Waals surface area contributed by atoms with Crippen molar-refractivity contribution in [1.82, 2.24) is 34.8 Å². The normalized spacial score (nSPS) is 18.1. The van der Waals surface area contributed by atoms with Crippen LogP contribution in [-0.4, -0.2) is 106 Å². The number of sulfone groups is 1. The number of benzene rings is 2. The summed E-state index contributed by atoms with van der Waals surface area (Å²) in [6.07, 6.45) is -10.0. The number of hydrogen-bond acceptors (Lipinski definition) is 10. The topological polar surface area (TPSA) is 207 Å². The van der Waals surface area contributed by atoms with Crippen LogP contribution in [0.3, 0.4) is 0 Å². The van der Waals surface area contributed by atoms with Gasteiger partial charge in [0.15, 0.2) is 21.3 Å². The molecule has 1 aliphatic heterocycles. The molecule has 2 fully saturated rings. The highest BCUT2D eigenvalue weighted by Gasteiger charge is 2.68. The number of carboxylic acid groups (broad SMARTS) is 1. The number of rotatable bonds is 12. The Morgan fingerprint density at radius 1 is 0.945 bits per heavy atom. The molecule has 4 heterocycles. The summed E-state index contributed by atoms with van der Waals surface area (Å²) in [5, 5.41) is 18.0. The van der Waals surface area contributed by atoms with Crippen LogP contribution in [0.1, 0.15) is 66.1 Å². The number of alkyl halides is 8. The summed E-state index contributed by atoms with van der Waals surface area (Å²) in [7, 11) is -8.79. The molecule has 3 amide bonds. The van der Waals surface area contributed by atoms with E-state index in [1.165, 1.54) is 13.8 Å². The summed E-state index contributed by atoms with van der Waals surface area (Å²) in [6, 6.07) is 3.21. The number of carbonyl (C=O) groups excluding carboxylic acids is 2. The number of amides is 3. The average molecular weight is 1100 g/mol. The third-order valence-electron chi connectivity index (χ3n) is 12.5. The molecule has 3 aromatic heterocycles. The van der Waals surface area contributed by atoms with Crippen molar-refractivity contribution >= 4 is 66.1 Å². The van der Waals surface area contributed by atoms with Gasteiger partial charge in [0, 0.05) is 48.0 Å². The molecule has 2 aromatic carbocycles. The lowest BCUT2D eigenvalue weighted by Gasteiger charge is -2.38. The molecule has 0 unspecified atom stereocenters. The van der Waals surface area contributed by atoms with E-state index in [0.717, 1.165) is 47.6 Å². The SMILES string of the molecule is CC(C)(C#Cc1ccc(-c2ccc(Cl)c3c(N(C(=O)N4CC(C(=O)O)C4)S(C)(=O)=O)nn(CC(F)(F)F)c23)c([C@H](Cc2cc(F)cc(F)c2)NC(=O)Cn2nc(C(F)(F)F)c3c2C(F)(F)[C@@H]2C[C@H]32)n1)S(C)(=O)=O. The molecule has 2 N–H and O–H groups in total. The molecule has 0 spiro atoms. The highest BCUT2D eigenvalue weighted by Crippen LogP contribution is 2.68. The number of hydrogen-bond donors (Lipinski definition) is 2. The zero-order valence-electron chi connectivity index (χ0n) is 38.0. The summed E-state index contributed by atoms with van der Waals surface area (Å²) in [6.45, 7) is -1.89. The Morgan fingerprint density at radius 3 is 2.15 bits per heavy atom. The van der Waals surface area contributed by atoms with Crippen molar-refractivity contribution in [3.05, 3.63) is 93.0 Å². The molecule has 1 saturated carbocycles. The standard InChI is InChI=1S/C44H37ClF10N8O8S2/c1-41(2,72(3,68)69)10-9-24-5-6-25(26-7-8-29(45)33-35(26)62(19-42(48,49)50)59-38(33)63(73(4,70)71)40(67)60-16-21(17-60)39(65)66)34(56-24)30(13-20-11-22(46)14-23(47)12-20)57-31(64)18-61-37-32(36(58-61)44(53,54)55)27-15-28(27)43(37,51)52/h5-8,11-12,14,21,27-28,30H,13,15-19H2,1-4H3,(H,57,64)(H,65,66)/t27-,28+,30-/m0/s1. The summed E-state index contributed by atoms with van der Waals surface area (Å²) in [4.78, 5) is 44.8. The van der Waals surface area contributed by atoms with Crippen molar-refractivity contribution in [2.24, 2.45) is 11.8 Å². The maximum Gasteiger partial charge on any atom is 0.435 e. The first-order valence-electron chi connectivity index (χ1n) is 21.4. The Labute approximate surface area is 412 Å². The van der Waals surface area contributed by atoms with E-state index < -0.39 is 173 Å². The first-order chi connectivity index (χ1) is 33.6. The number of nitrogens with zero attached hydrogens (tertiary/aromatic N) is 7. The second-order valence-corrected chi connectivity index (χ2v) is 23.1. The van der Waals surface area contributed by atoms with Gasteiger partial charge in [-0.25, -0.2) is 35.4 Å². The minimum atomic E-state index is -5.23. The number of carboxylic acids is 1. The number of halogens is 11. The van der Waals surface area contributed by atoms with E-state index in [4.69, 9.17) is 11.6 Å². The van der Waals surface area contributed by atoms with E-state index >= 15 is 8.78 Å². The molecule has 2 aliphatic carbocycles. The van der Waals surface area contributed by atoms with Crippen LogP contribution < -0.4 is 9.62 Å². The van der Waals surface area contributed by atoms with Crippen molar-refractivity contribution in [1.29, 1.82) is 0 Å². The van der Waals surface area contributed by atoms with Gasteiger partial charge in [0.25, 0.3) is 5.92 Å². The van der Waals surface area contributed by atoms with Crippen molar-refractivity contribution < 1.29 is 80.2 Å². The smallest absolute Gasteiger partial charge is 0.435 e. The predicted molar refractivity (Wildman–Crippen MR) is 238 cm³/mol. The Bertz CT molecular complexity index is 3440. The van der Waals surface area contributed by atoms with Crippen LogP contribution in [0.25, 0.3) is 22.0 Å². The molecule has 73 heavy (non-hydrogen) atoms. The number of pyridine rings is 1. The number of sulfonamides is 1. The Hall–Kier alpha value is -6.47. The lowest BCUT2D eigenvalue weighted by atomic mass is 9.93. The van der Waals surface area contributed by atoms with E-state index in [0.29, 0.717) is 12.3 Å². The Morgan fingerprint density at radius 2 is 1.58 bits per heavy atom. The van der Waals surface area contributed by atoms with Crippen LogP contribution in [-0.2, 0) is 61.1 Å². The molecular formula is C44H37ClF10N8O8S2. The monoisotopic (exact) mass is 1090 g/mol. The number of anilines is 1. The molecule has 3 aliphatic rings. The van der Waals surface area contributed by atoms with Gasteiger partial charge in [0.1, 0.15) is 40.9 Å². The van der Waals surface area contributed by atoms with Gasteiger partial charge in [-0.15, -0.1) is 0 Å². The van der Waals surface area contributed by atoms with Crippen molar-refractivity contribution in [3.63, 3.8) is 0 Å².